The molecule has 132 valence electrons. The minimum Gasteiger partial charge on any atom is -0.351 e. The number of nitrogens with zero attached hydrogens (tertiary/aromatic N) is 1. The summed E-state index contributed by atoms with van der Waals surface area (Å²) in [6.45, 7) is 3.40. The van der Waals surface area contributed by atoms with Crippen LogP contribution in [0.1, 0.15) is 40.4 Å². The minimum atomic E-state index is -0.0137. The van der Waals surface area contributed by atoms with E-state index in [1.165, 1.54) is 12.8 Å². The van der Waals surface area contributed by atoms with Crippen molar-refractivity contribution < 1.29 is 4.79 Å². The van der Waals surface area contributed by atoms with Crippen LogP contribution in [0.4, 0.5) is 0 Å². The summed E-state index contributed by atoms with van der Waals surface area (Å²) in [5.74, 6) is 0.511. The first-order chi connectivity index (χ1) is 10.6. The molecule has 0 aliphatic heterocycles. The molecular weight excluding hydrogens is 413 g/mol. The van der Waals surface area contributed by atoms with E-state index in [9.17, 15) is 4.79 Å². The van der Waals surface area contributed by atoms with Gasteiger partial charge in [0.25, 0.3) is 5.91 Å². The van der Waals surface area contributed by atoms with Crippen molar-refractivity contribution in [3.8, 4) is 0 Å². The van der Waals surface area contributed by atoms with Crippen LogP contribution in [0.25, 0.3) is 10.9 Å². The fourth-order valence-electron chi connectivity index (χ4n) is 2.79. The lowest BCUT2D eigenvalue weighted by Gasteiger charge is -2.14. The second-order valence-corrected chi connectivity index (χ2v) is 6.71. The van der Waals surface area contributed by atoms with Crippen LogP contribution in [0.5, 0.6) is 0 Å². The number of pyridine rings is 1. The molecule has 0 unspecified atom stereocenters. The van der Waals surface area contributed by atoms with Crippen molar-refractivity contribution in [2.75, 3.05) is 20.1 Å². The summed E-state index contributed by atoms with van der Waals surface area (Å²) >= 11 is 3.49. The molecule has 0 atom stereocenters. The molecule has 1 aliphatic rings. The van der Waals surface area contributed by atoms with Gasteiger partial charge in [-0.3, -0.25) is 9.78 Å². The van der Waals surface area contributed by atoms with Gasteiger partial charge in [-0.1, -0.05) is 15.9 Å². The summed E-state index contributed by atoms with van der Waals surface area (Å²) in [5, 5.41) is 6.95. The van der Waals surface area contributed by atoms with Crippen LogP contribution >= 0.6 is 40.7 Å². The van der Waals surface area contributed by atoms with E-state index >= 15 is 0 Å². The first-order valence-electron chi connectivity index (χ1n) is 7.64. The average molecular weight is 435 g/mol. The van der Waals surface area contributed by atoms with Crippen LogP contribution in [-0.4, -0.2) is 31.0 Å². The van der Waals surface area contributed by atoms with Gasteiger partial charge in [-0.05, 0) is 50.6 Å². The molecule has 0 spiro atoms. The van der Waals surface area contributed by atoms with Crippen LogP contribution in [-0.2, 0) is 0 Å². The summed E-state index contributed by atoms with van der Waals surface area (Å²) in [4.78, 5) is 17.5. The van der Waals surface area contributed by atoms with Crippen LogP contribution in [0.15, 0.2) is 22.7 Å². The van der Waals surface area contributed by atoms with Gasteiger partial charge in [0, 0.05) is 34.6 Å². The van der Waals surface area contributed by atoms with Gasteiger partial charge in [0.05, 0.1) is 11.1 Å². The van der Waals surface area contributed by atoms with Gasteiger partial charge in [-0.25, -0.2) is 0 Å². The summed E-state index contributed by atoms with van der Waals surface area (Å²) in [5.41, 5.74) is 3.78. The first kappa shape index (κ1) is 21.2. The number of hydrogen-bond donors (Lipinski definition) is 2. The summed E-state index contributed by atoms with van der Waals surface area (Å²) in [6, 6.07) is 5.94. The van der Waals surface area contributed by atoms with Gasteiger partial charge in [0.1, 0.15) is 0 Å². The summed E-state index contributed by atoms with van der Waals surface area (Å²) in [7, 11) is 1.88. The van der Waals surface area contributed by atoms with E-state index in [2.05, 4.69) is 26.6 Å². The quantitative estimate of drug-likeness (QED) is 0.699. The topological polar surface area (TPSA) is 54.0 Å². The molecule has 24 heavy (non-hydrogen) atoms. The number of carbonyl (C=O) groups excluding carboxylic acids is 1. The zero-order chi connectivity index (χ0) is 15.7. The molecule has 2 aromatic rings. The van der Waals surface area contributed by atoms with Crippen molar-refractivity contribution in [1.82, 2.24) is 15.6 Å². The van der Waals surface area contributed by atoms with Crippen LogP contribution in [0, 0.1) is 6.92 Å². The Morgan fingerprint density at radius 2 is 2.00 bits per heavy atom. The molecule has 0 radical (unpaired) electrons. The molecular formula is C17H22BrCl2N3O. The fraction of sp³-hybridized carbons (Fsp3) is 0.412. The Morgan fingerprint density at radius 3 is 2.62 bits per heavy atom. The Bertz CT molecular complexity index is 735. The lowest BCUT2D eigenvalue weighted by atomic mass is 9.98. The average Bonchev–Trinajstić information content (AvgIpc) is 3.31. The van der Waals surface area contributed by atoms with Crippen LogP contribution < -0.4 is 10.6 Å². The highest BCUT2D eigenvalue weighted by atomic mass is 79.9. The molecule has 1 saturated carbocycles. The maximum Gasteiger partial charge on any atom is 0.252 e. The molecule has 0 bridgehead atoms. The van der Waals surface area contributed by atoms with Gasteiger partial charge >= 0.3 is 0 Å². The molecule has 1 aromatic carbocycles. The van der Waals surface area contributed by atoms with Crippen molar-refractivity contribution in [3.05, 3.63) is 39.5 Å². The maximum absolute atomic E-state index is 12.7. The molecule has 4 nitrogen and oxygen atoms in total. The largest absolute Gasteiger partial charge is 0.351 e. The third kappa shape index (κ3) is 4.39. The van der Waals surface area contributed by atoms with Crippen molar-refractivity contribution >= 4 is 57.6 Å². The molecule has 3 rings (SSSR count). The molecule has 2 N–H and O–H groups in total. The number of benzene rings is 1. The number of halogens is 3. The predicted octanol–water partition coefficient (Wildman–Crippen LogP) is 3.98. The highest BCUT2D eigenvalue weighted by Gasteiger charge is 2.29. The van der Waals surface area contributed by atoms with E-state index in [1.54, 1.807) is 0 Å². The first-order valence-corrected chi connectivity index (χ1v) is 8.43. The number of amides is 1. The Hall–Kier alpha value is -0.880. The van der Waals surface area contributed by atoms with Gasteiger partial charge in [-0.15, -0.1) is 24.8 Å². The zero-order valence-electron chi connectivity index (χ0n) is 13.7. The highest BCUT2D eigenvalue weighted by Crippen LogP contribution is 2.42. The molecule has 0 saturated heterocycles. The van der Waals surface area contributed by atoms with Crippen molar-refractivity contribution in [2.45, 2.75) is 25.7 Å². The number of likely N-dealkylation sites (N-methyl/N-ethyl adjacent to an activating group) is 1. The van der Waals surface area contributed by atoms with Gasteiger partial charge in [-0.2, -0.15) is 0 Å². The van der Waals surface area contributed by atoms with Crippen LogP contribution in [0.3, 0.4) is 0 Å². The lowest BCUT2D eigenvalue weighted by Crippen LogP contribution is -2.31. The van der Waals surface area contributed by atoms with Gasteiger partial charge in [0.15, 0.2) is 0 Å². The Labute approximate surface area is 163 Å². The third-order valence-corrected chi connectivity index (χ3v) is 4.57. The van der Waals surface area contributed by atoms with E-state index in [1.807, 2.05) is 32.2 Å². The standard InChI is InChI=1S/C17H20BrN3O.2ClH/c1-10-15(17(22)20-8-7-19-2)13-9-12(18)5-6-14(13)21-16(10)11-3-4-11;;/h5-6,9,11,19H,3-4,7-8H2,1-2H3,(H,20,22);2*1H. The monoisotopic (exact) mass is 433 g/mol. The van der Waals surface area contributed by atoms with Crippen molar-refractivity contribution in [2.24, 2.45) is 0 Å². The second kappa shape index (κ2) is 8.99. The predicted molar refractivity (Wildman–Crippen MR) is 107 cm³/mol. The van der Waals surface area contributed by atoms with E-state index in [-0.39, 0.29) is 30.7 Å². The fourth-order valence-corrected chi connectivity index (χ4v) is 3.15. The smallest absolute Gasteiger partial charge is 0.252 e. The third-order valence-electron chi connectivity index (χ3n) is 4.08. The summed E-state index contributed by atoms with van der Waals surface area (Å²) < 4.78 is 0.963. The van der Waals surface area contributed by atoms with Gasteiger partial charge in [0.2, 0.25) is 0 Å². The Balaban J connectivity index is 0.00000144. The van der Waals surface area contributed by atoms with E-state index < -0.39 is 0 Å². The SMILES string of the molecule is CNCCNC(=O)c1c(C)c(C2CC2)nc2ccc(Br)cc12.Cl.Cl. The van der Waals surface area contributed by atoms with Crippen LogP contribution in [0.2, 0.25) is 0 Å². The number of nitrogens with one attached hydrogen (secondary N) is 2. The van der Waals surface area contributed by atoms with Gasteiger partial charge < -0.3 is 10.6 Å². The lowest BCUT2D eigenvalue weighted by molar-refractivity contribution is 0.0955. The molecule has 1 amide bonds. The number of fused-ring (bicyclic) bond motifs is 1. The Morgan fingerprint density at radius 1 is 1.29 bits per heavy atom. The second-order valence-electron chi connectivity index (χ2n) is 5.79. The zero-order valence-corrected chi connectivity index (χ0v) is 16.9. The van der Waals surface area contributed by atoms with E-state index in [0.29, 0.717) is 12.5 Å². The normalized spacial score (nSPS) is 13.1. The Kier molecular flexibility index (Phi) is 7.93. The maximum atomic E-state index is 12.7. The number of hydrogen-bond acceptors (Lipinski definition) is 3. The molecule has 1 heterocycles. The molecule has 1 fully saturated rings. The molecule has 1 aliphatic carbocycles. The van der Waals surface area contributed by atoms with E-state index in [4.69, 9.17) is 4.98 Å². The number of aromatic nitrogens is 1. The molecule has 7 heteroatoms. The summed E-state index contributed by atoms with van der Waals surface area (Å²) in [6.07, 6.45) is 2.35. The molecule has 1 aromatic heterocycles. The number of rotatable bonds is 5. The highest BCUT2D eigenvalue weighted by molar-refractivity contribution is 9.10. The van der Waals surface area contributed by atoms with Crippen molar-refractivity contribution in [3.63, 3.8) is 0 Å². The minimum absolute atomic E-state index is 0. The van der Waals surface area contributed by atoms with E-state index in [0.717, 1.165) is 38.7 Å². The number of carbonyl (C=O) groups is 1. The van der Waals surface area contributed by atoms with Crippen molar-refractivity contribution in [1.29, 1.82) is 0 Å².